The first kappa shape index (κ1) is 4.89. The van der Waals surface area contributed by atoms with Crippen LogP contribution >= 0.6 is 0 Å². The summed E-state index contributed by atoms with van der Waals surface area (Å²) in [5.41, 5.74) is 0. The van der Waals surface area contributed by atoms with E-state index in [1.165, 1.54) is 19.3 Å². The Hall–Kier alpha value is -0.260. The van der Waals surface area contributed by atoms with Crippen molar-refractivity contribution in [1.29, 1.82) is 0 Å². The Morgan fingerprint density at radius 2 is 2.57 bits per heavy atom. The monoisotopic (exact) mass is 95.1 g/mol. The molecule has 0 bridgehead atoms. The molecule has 0 amide bonds. The van der Waals surface area contributed by atoms with Crippen LogP contribution in [0.3, 0.4) is 0 Å². The van der Waals surface area contributed by atoms with Crippen molar-refractivity contribution in [2.75, 3.05) is 0 Å². The topological polar surface area (TPSA) is 0 Å². The summed E-state index contributed by atoms with van der Waals surface area (Å²) in [5.74, 6) is 0.887. The normalized spacial score (nSPS) is 21.1. The zero-order chi connectivity index (χ0) is 5.11. The quantitative estimate of drug-likeness (QED) is 0.461. The van der Waals surface area contributed by atoms with Gasteiger partial charge in [0.15, 0.2) is 0 Å². The van der Waals surface area contributed by atoms with Crippen molar-refractivity contribution in [2.45, 2.75) is 19.3 Å². The van der Waals surface area contributed by atoms with Gasteiger partial charge in [-0.1, -0.05) is 6.08 Å². The van der Waals surface area contributed by atoms with Gasteiger partial charge in [-0.3, -0.25) is 0 Å². The van der Waals surface area contributed by atoms with Crippen LogP contribution < -0.4 is 0 Å². The van der Waals surface area contributed by atoms with E-state index in [2.05, 4.69) is 13.0 Å². The first-order valence-electron chi connectivity index (χ1n) is 2.87. The van der Waals surface area contributed by atoms with Crippen LogP contribution in [0.25, 0.3) is 0 Å². The molecule has 0 aromatic heterocycles. The first-order valence-corrected chi connectivity index (χ1v) is 2.87. The lowest BCUT2D eigenvalue weighted by molar-refractivity contribution is 0.438. The van der Waals surface area contributed by atoms with Crippen molar-refractivity contribution in [3.63, 3.8) is 0 Å². The average Bonchev–Trinajstić information content (AvgIpc) is 1.55. The molecule has 0 saturated heterocycles. The second-order valence-electron chi connectivity index (χ2n) is 2.10. The highest BCUT2D eigenvalue weighted by atomic mass is 14.2. The maximum atomic E-state index is 3.66. The van der Waals surface area contributed by atoms with Gasteiger partial charge in [-0.25, -0.2) is 0 Å². The van der Waals surface area contributed by atoms with E-state index in [0.717, 1.165) is 5.92 Å². The molecule has 0 spiro atoms. The lowest BCUT2D eigenvalue weighted by Crippen LogP contribution is -2.09. The SMILES string of the molecule is C=CCC1[CH]CC1. The minimum absolute atomic E-state index is 0.887. The second-order valence-corrected chi connectivity index (χ2v) is 2.10. The van der Waals surface area contributed by atoms with Gasteiger partial charge in [0.1, 0.15) is 0 Å². The van der Waals surface area contributed by atoms with E-state index in [4.69, 9.17) is 0 Å². The lowest BCUT2D eigenvalue weighted by Gasteiger charge is -2.22. The molecule has 0 N–H and O–H groups in total. The Balaban J connectivity index is 2.03. The third-order valence-corrected chi connectivity index (χ3v) is 1.51. The van der Waals surface area contributed by atoms with Gasteiger partial charge in [0.25, 0.3) is 0 Å². The minimum atomic E-state index is 0.887. The molecule has 1 radical (unpaired) electrons. The Bertz CT molecular complexity index is 60.4. The largest absolute Gasteiger partial charge is 0.103 e. The smallest absolute Gasteiger partial charge is 0.0322 e. The molecule has 1 saturated carbocycles. The minimum Gasteiger partial charge on any atom is -0.103 e. The summed E-state index contributed by atoms with van der Waals surface area (Å²) in [6, 6.07) is 0. The van der Waals surface area contributed by atoms with E-state index in [0.29, 0.717) is 0 Å². The van der Waals surface area contributed by atoms with Gasteiger partial charge >= 0.3 is 0 Å². The van der Waals surface area contributed by atoms with Gasteiger partial charge in [-0.2, -0.15) is 0 Å². The van der Waals surface area contributed by atoms with E-state index in [1.807, 2.05) is 6.08 Å². The Kier molecular flexibility index (Phi) is 1.50. The molecule has 1 unspecified atom stereocenters. The average molecular weight is 95.2 g/mol. The van der Waals surface area contributed by atoms with Crippen molar-refractivity contribution >= 4 is 0 Å². The van der Waals surface area contributed by atoms with Crippen LogP contribution in [-0.2, 0) is 0 Å². The molecule has 0 heterocycles. The van der Waals surface area contributed by atoms with Crippen molar-refractivity contribution in [2.24, 2.45) is 5.92 Å². The number of rotatable bonds is 2. The predicted octanol–water partition coefficient (Wildman–Crippen LogP) is 2.18. The van der Waals surface area contributed by atoms with E-state index in [9.17, 15) is 0 Å². The van der Waals surface area contributed by atoms with E-state index in [1.54, 1.807) is 0 Å². The number of hydrogen-bond acceptors (Lipinski definition) is 0. The molecule has 0 aliphatic heterocycles. The molecule has 7 heavy (non-hydrogen) atoms. The van der Waals surface area contributed by atoms with Gasteiger partial charge in [-0.15, -0.1) is 6.58 Å². The fourth-order valence-electron chi connectivity index (χ4n) is 0.831. The molecule has 1 aliphatic carbocycles. The molecule has 1 aliphatic rings. The van der Waals surface area contributed by atoms with Crippen molar-refractivity contribution in [3.8, 4) is 0 Å². The molecule has 0 heteroatoms. The summed E-state index contributed by atoms with van der Waals surface area (Å²) in [6.45, 7) is 3.66. The van der Waals surface area contributed by atoms with Gasteiger partial charge in [0, 0.05) is 0 Å². The van der Waals surface area contributed by atoms with Gasteiger partial charge < -0.3 is 0 Å². The Labute approximate surface area is 45.2 Å². The lowest BCUT2D eigenvalue weighted by atomic mass is 9.83. The van der Waals surface area contributed by atoms with Crippen molar-refractivity contribution in [3.05, 3.63) is 19.1 Å². The molecule has 1 rings (SSSR count). The highest BCUT2D eigenvalue weighted by Crippen LogP contribution is 2.27. The molecular formula is C7H11. The van der Waals surface area contributed by atoms with Crippen molar-refractivity contribution < 1.29 is 0 Å². The van der Waals surface area contributed by atoms with Crippen LogP contribution in [0, 0.1) is 12.3 Å². The second kappa shape index (κ2) is 2.15. The fourth-order valence-corrected chi connectivity index (χ4v) is 0.831. The van der Waals surface area contributed by atoms with E-state index in [-0.39, 0.29) is 0 Å². The maximum absolute atomic E-state index is 3.66. The summed E-state index contributed by atoms with van der Waals surface area (Å²) < 4.78 is 0. The molecule has 0 aromatic rings. The van der Waals surface area contributed by atoms with Crippen LogP contribution in [-0.4, -0.2) is 0 Å². The van der Waals surface area contributed by atoms with Crippen LogP contribution in [0.4, 0.5) is 0 Å². The number of hydrogen-bond donors (Lipinski definition) is 0. The Morgan fingerprint density at radius 1 is 1.86 bits per heavy atom. The standard InChI is InChI=1S/C7H11/c1-2-4-7-5-3-6-7/h2,5,7H,1,3-4,6H2. The van der Waals surface area contributed by atoms with Crippen LogP contribution in [0.2, 0.25) is 0 Å². The Morgan fingerprint density at radius 3 is 2.71 bits per heavy atom. The van der Waals surface area contributed by atoms with Crippen molar-refractivity contribution in [1.82, 2.24) is 0 Å². The van der Waals surface area contributed by atoms with Crippen LogP contribution in [0.1, 0.15) is 19.3 Å². The van der Waals surface area contributed by atoms with Gasteiger partial charge in [0.05, 0.1) is 0 Å². The zero-order valence-electron chi connectivity index (χ0n) is 4.56. The third-order valence-electron chi connectivity index (χ3n) is 1.51. The fraction of sp³-hybridized carbons (Fsp3) is 0.571. The maximum Gasteiger partial charge on any atom is -0.0322 e. The zero-order valence-corrected chi connectivity index (χ0v) is 4.56. The van der Waals surface area contributed by atoms with E-state index < -0.39 is 0 Å². The molecule has 1 atom stereocenters. The molecule has 0 aromatic carbocycles. The summed E-state index contributed by atoms with van der Waals surface area (Å²) >= 11 is 0. The van der Waals surface area contributed by atoms with Crippen LogP contribution in [0.15, 0.2) is 12.7 Å². The third kappa shape index (κ3) is 1.05. The van der Waals surface area contributed by atoms with E-state index >= 15 is 0 Å². The highest BCUT2D eigenvalue weighted by Gasteiger charge is 2.14. The van der Waals surface area contributed by atoms with Crippen LogP contribution in [0.5, 0.6) is 0 Å². The van der Waals surface area contributed by atoms with Gasteiger partial charge in [0.2, 0.25) is 0 Å². The predicted molar refractivity (Wildman–Crippen MR) is 31.8 cm³/mol. The summed E-state index contributed by atoms with van der Waals surface area (Å²) in [6.07, 6.45) is 8.28. The number of allylic oxidation sites excluding steroid dienone is 1. The molecule has 1 fully saturated rings. The molecule has 39 valence electrons. The summed E-state index contributed by atoms with van der Waals surface area (Å²) in [4.78, 5) is 0. The first-order chi connectivity index (χ1) is 3.43. The van der Waals surface area contributed by atoms with Gasteiger partial charge in [-0.05, 0) is 31.6 Å². The molecule has 0 nitrogen and oxygen atoms in total. The summed E-state index contributed by atoms with van der Waals surface area (Å²) in [7, 11) is 0. The summed E-state index contributed by atoms with van der Waals surface area (Å²) in [5, 5.41) is 0. The highest BCUT2D eigenvalue weighted by molar-refractivity contribution is 4.91. The molecular weight excluding hydrogens is 84.1 g/mol.